The third kappa shape index (κ3) is 3.40. The molecule has 112 valence electrons. The summed E-state index contributed by atoms with van der Waals surface area (Å²) in [6.45, 7) is 6.42. The third-order valence-electron chi connectivity index (χ3n) is 2.95. The summed E-state index contributed by atoms with van der Waals surface area (Å²) in [7, 11) is 1.66. The van der Waals surface area contributed by atoms with Crippen molar-refractivity contribution in [2.24, 2.45) is 7.05 Å². The van der Waals surface area contributed by atoms with Crippen LogP contribution in [0.15, 0.2) is 17.0 Å². The van der Waals surface area contributed by atoms with Crippen LogP contribution < -0.4 is 5.32 Å². The minimum atomic E-state index is -0.247. The number of amides is 1. The van der Waals surface area contributed by atoms with E-state index in [4.69, 9.17) is 4.18 Å². The maximum Gasteiger partial charge on any atom is 0.258 e. The summed E-state index contributed by atoms with van der Waals surface area (Å²) in [5.41, 5.74) is 2.52. The van der Waals surface area contributed by atoms with Gasteiger partial charge in [-0.3, -0.25) is 10.1 Å². The molecule has 1 amide bonds. The van der Waals surface area contributed by atoms with Gasteiger partial charge < -0.3 is 4.18 Å². The van der Waals surface area contributed by atoms with Gasteiger partial charge in [0.25, 0.3) is 5.91 Å². The number of carbonyl (C=O) groups is 1. The number of benzene rings is 1. The molecule has 0 atom stereocenters. The van der Waals surface area contributed by atoms with E-state index < -0.39 is 0 Å². The van der Waals surface area contributed by atoms with Gasteiger partial charge in [-0.1, -0.05) is 11.2 Å². The van der Waals surface area contributed by atoms with Crippen LogP contribution in [0.2, 0.25) is 0 Å². The number of nitrogens with one attached hydrogen (secondary N) is 1. The van der Waals surface area contributed by atoms with Crippen molar-refractivity contribution < 1.29 is 8.98 Å². The highest BCUT2D eigenvalue weighted by atomic mass is 32.2. The van der Waals surface area contributed by atoms with Crippen LogP contribution in [-0.4, -0.2) is 32.7 Å². The molecule has 1 N–H and O–H groups in total. The monoisotopic (exact) mass is 307 g/mol. The standard InChI is InChI=1S/C13H17N5O2S/c1-5-20-21-11-8(2)6-7-10(9(11)3)12(19)14-13-15-16-17-18(13)4/h6-7H,5H2,1-4H3,(H,14,15,17,19). The minimum Gasteiger partial charge on any atom is -0.311 e. The molecule has 0 radical (unpaired) electrons. The molecule has 0 saturated heterocycles. The van der Waals surface area contributed by atoms with Gasteiger partial charge in [0.1, 0.15) is 0 Å². The quantitative estimate of drug-likeness (QED) is 0.852. The second kappa shape index (κ2) is 6.68. The van der Waals surface area contributed by atoms with Gasteiger partial charge >= 0.3 is 0 Å². The zero-order chi connectivity index (χ0) is 15.4. The zero-order valence-corrected chi connectivity index (χ0v) is 13.2. The van der Waals surface area contributed by atoms with Gasteiger partial charge in [0.15, 0.2) is 0 Å². The fraction of sp³-hybridized carbons (Fsp3) is 0.385. The summed E-state index contributed by atoms with van der Waals surface area (Å²) in [5.74, 6) is 0.0581. The van der Waals surface area contributed by atoms with E-state index in [1.54, 1.807) is 13.1 Å². The highest BCUT2D eigenvalue weighted by Gasteiger charge is 2.16. The van der Waals surface area contributed by atoms with E-state index in [0.29, 0.717) is 18.1 Å². The summed E-state index contributed by atoms with van der Waals surface area (Å²) < 4.78 is 6.79. The first-order valence-corrected chi connectivity index (χ1v) is 7.22. The predicted molar refractivity (Wildman–Crippen MR) is 80.2 cm³/mol. The molecule has 0 unspecified atom stereocenters. The van der Waals surface area contributed by atoms with Gasteiger partial charge in [0, 0.05) is 29.5 Å². The average Bonchev–Trinajstić information content (AvgIpc) is 2.84. The lowest BCUT2D eigenvalue weighted by Gasteiger charge is -2.12. The summed E-state index contributed by atoms with van der Waals surface area (Å²) in [5, 5.41) is 13.6. The molecular formula is C13H17N5O2S. The molecule has 0 aliphatic carbocycles. The number of hydrogen-bond donors (Lipinski definition) is 1. The summed E-state index contributed by atoms with van der Waals surface area (Å²) in [6, 6.07) is 3.69. The average molecular weight is 307 g/mol. The Labute approximate surface area is 127 Å². The lowest BCUT2D eigenvalue weighted by Crippen LogP contribution is -2.17. The Kier molecular flexibility index (Phi) is 4.92. The highest BCUT2D eigenvalue weighted by Crippen LogP contribution is 2.29. The van der Waals surface area contributed by atoms with Crippen molar-refractivity contribution in [1.82, 2.24) is 20.2 Å². The van der Waals surface area contributed by atoms with Gasteiger partial charge in [-0.25, -0.2) is 4.68 Å². The Morgan fingerprint density at radius 1 is 1.43 bits per heavy atom. The van der Waals surface area contributed by atoms with Crippen molar-refractivity contribution in [2.75, 3.05) is 11.9 Å². The van der Waals surface area contributed by atoms with E-state index in [0.717, 1.165) is 16.0 Å². The molecule has 0 saturated carbocycles. The van der Waals surface area contributed by atoms with E-state index in [2.05, 4.69) is 20.8 Å². The van der Waals surface area contributed by atoms with Crippen molar-refractivity contribution in [3.63, 3.8) is 0 Å². The Hall–Kier alpha value is -1.93. The van der Waals surface area contributed by atoms with Crippen molar-refractivity contribution in [3.8, 4) is 0 Å². The first-order valence-electron chi connectivity index (χ1n) is 6.48. The molecule has 0 aliphatic rings. The van der Waals surface area contributed by atoms with Crippen LogP contribution in [0.5, 0.6) is 0 Å². The molecule has 8 heteroatoms. The Morgan fingerprint density at radius 2 is 2.19 bits per heavy atom. The van der Waals surface area contributed by atoms with Crippen LogP contribution in [0.4, 0.5) is 5.95 Å². The van der Waals surface area contributed by atoms with Gasteiger partial charge in [-0.15, -0.1) is 0 Å². The number of rotatable bonds is 5. The molecule has 0 bridgehead atoms. The smallest absolute Gasteiger partial charge is 0.258 e. The number of nitrogens with zero attached hydrogens (tertiary/aromatic N) is 4. The lowest BCUT2D eigenvalue weighted by atomic mass is 10.1. The second-order valence-corrected chi connectivity index (χ2v) is 5.26. The number of aromatic nitrogens is 4. The lowest BCUT2D eigenvalue weighted by molar-refractivity contribution is 0.102. The van der Waals surface area contributed by atoms with Gasteiger partial charge in [0.2, 0.25) is 5.95 Å². The van der Waals surface area contributed by atoms with Crippen molar-refractivity contribution in [3.05, 3.63) is 28.8 Å². The van der Waals surface area contributed by atoms with Crippen molar-refractivity contribution in [1.29, 1.82) is 0 Å². The number of hydrogen-bond acceptors (Lipinski definition) is 6. The van der Waals surface area contributed by atoms with E-state index >= 15 is 0 Å². The maximum absolute atomic E-state index is 12.4. The molecule has 7 nitrogen and oxygen atoms in total. The number of aryl methyl sites for hydroxylation is 2. The normalized spacial score (nSPS) is 10.7. The second-order valence-electron chi connectivity index (χ2n) is 4.45. The van der Waals surface area contributed by atoms with Crippen LogP contribution in [0.25, 0.3) is 0 Å². The Morgan fingerprint density at radius 3 is 2.81 bits per heavy atom. The van der Waals surface area contributed by atoms with Gasteiger partial charge in [-0.2, -0.15) is 0 Å². The maximum atomic E-state index is 12.4. The molecular weight excluding hydrogens is 290 g/mol. The Balaban J connectivity index is 2.27. The number of tetrazole rings is 1. The fourth-order valence-electron chi connectivity index (χ4n) is 1.82. The van der Waals surface area contributed by atoms with E-state index in [1.807, 2.05) is 26.8 Å². The zero-order valence-electron chi connectivity index (χ0n) is 12.4. The molecule has 1 aromatic carbocycles. The molecule has 21 heavy (non-hydrogen) atoms. The number of anilines is 1. The molecule has 1 heterocycles. The molecule has 0 fully saturated rings. The van der Waals surface area contributed by atoms with Gasteiger partial charge in [0.05, 0.1) is 6.61 Å². The fourth-order valence-corrected chi connectivity index (χ4v) is 2.49. The molecule has 2 rings (SSSR count). The third-order valence-corrected chi connectivity index (χ3v) is 4.10. The molecule has 0 spiro atoms. The van der Waals surface area contributed by atoms with Crippen molar-refractivity contribution >= 4 is 23.9 Å². The van der Waals surface area contributed by atoms with Crippen LogP contribution in [0, 0.1) is 13.8 Å². The summed E-state index contributed by atoms with van der Waals surface area (Å²) >= 11 is 1.29. The summed E-state index contributed by atoms with van der Waals surface area (Å²) in [4.78, 5) is 13.3. The van der Waals surface area contributed by atoms with Crippen LogP contribution in [-0.2, 0) is 11.2 Å². The van der Waals surface area contributed by atoms with Crippen LogP contribution >= 0.6 is 12.0 Å². The van der Waals surface area contributed by atoms with Gasteiger partial charge in [-0.05, 0) is 48.4 Å². The largest absolute Gasteiger partial charge is 0.311 e. The van der Waals surface area contributed by atoms with E-state index in [-0.39, 0.29) is 5.91 Å². The number of carbonyl (C=O) groups excluding carboxylic acids is 1. The Bertz CT molecular complexity index is 656. The van der Waals surface area contributed by atoms with E-state index in [9.17, 15) is 4.79 Å². The molecule has 1 aromatic heterocycles. The van der Waals surface area contributed by atoms with E-state index in [1.165, 1.54) is 16.7 Å². The predicted octanol–water partition coefficient (Wildman–Crippen LogP) is 2.12. The summed E-state index contributed by atoms with van der Waals surface area (Å²) in [6.07, 6.45) is 0. The van der Waals surface area contributed by atoms with Crippen molar-refractivity contribution in [2.45, 2.75) is 25.7 Å². The first kappa shape index (κ1) is 15.5. The van der Waals surface area contributed by atoms with Crippen LogP contribution in [0.1, 0.15) is 28.4 Å². The molecule has 2 aromatic rings. The van der Waals surface area contributed by atoms with Crippen LogP contribution in [0.3, 0.4) is 0 Å². The highest BCUT2D eigenvalue weighted by molar-refractivity contribution is 7.94. The minimum absolute atomic E-state index is 0.247. The first-order chi connectivity index (χ1) is 10.0. The topological polar surface area (TPSA) is 81.9 Å². The molecule has 0 aliphatic heterocycles. The SMILES string of the molecule is CCOSc1c(C)ccc(C(=O)Nc2nnnn2C)c1C.